The second-order valence-corrected chi connectivity index (χ2v) is 5.53. The van der Waals surface area contributed by atoms with E-state index < -0.39 is 0 Å². The van der Waals surface area contributed by atoms with Crippen LogP contribution in [0.4, 0.5) is 5.69 Å². The van der Waals surface area contributed by atoms with E-state index in [2.05, 4.69) is 56.1 Å². The summed E-state index contributed by atoms with van der Waals surface area (Å²) >= 11 is 0. The number of anilines is 1. The first kappa shape index (κ1) is 16.8. The van der Waals surface area contributed by atoms with Crippen LogP contribution in [-0.4, -0.2) is 26.2 Å². The predicted octanol–water partition coefficient (Wildman–Crippen LogP) is 3.82. The van der Waals surface area contributed by atoms with E-state index >= 15 is 0 Å². The Hall–Kier alpha value is -1.22. The van der Waals surface area contributed by atoms with E-state index in [-0.39, 0.29) is 0 Å². The van der Waals surface area contributed by atoms with Crippen LogP contribution in [-0.2, 0) is 6.54 Å². The zero-order chi connectivity index (χ0) is 15.0. The van der Waals surface area contributed by atoms with Gasteiger partial charge in [0.1, 0.15) is 5.75 Å². The summed E-state index contributed by atoms with van der Waals surface area (Å²) in [6.07, 6.45) is 2.31. The van der Waals surface area contributed by atoms with Crippen LogP contribution in [0.25, 0.3) is 0 Å². The molecule has 1 aromatic carbocycles. The molecule has 0 saturated carbocycles. The molecule has 0 amide bonds. The first-order valence-corrected chi connectivity index (χ1v) is 7.77. The monoisotopic (exact) mass is 278 g/mol. The lowest BCUT2D eigenvalue weighted by atomic mass is 10.1. The number of hydrogen-bond donors (Lipinski definition) is 1. The molecule has 0 aliphatic carbocycles. The van der Waals surface area contributed by atoms with Gasteiger partial charge < -0.3 is 15.0 Å². The molecule has 1 N–H and O–H groups in total. The number of hydrogen-bond acceptors (Lipinski definition) is 3. The third-order valence-electron chi connectivity index (χ3n) is 3.29. The minimum atomic E-state index is 0.498. The summed E-state index contributed by atoms with van der Waals surface area (Å²) in [5, 5.41) is 3.44. The summed E-state index contributed by atoms with van der Waals surface area (Å²) in [6, 6.07) is 7.05. The van der Waals surface area contributed by atoms with E-state index in [1.165, 1.54) is 11.3 Å². The molecule has 1 rings (SSSR count). The summed E-state index contributed by atoms with van der Waals surface area (Å²) in [7, 11) is 1.76. The molecule has 3 nitrogen and oxygen atoms in total. The Balaban J connectivity index is 2.90. The van der Waals surface area contributed by atoms with Crippen LogP contribution in [0.3, 0.4) is 0 Å². The molecule has 0 fully saturated rings. The van der Waals surface area contributed by atoms with Gasteiger partial charge >= 0.3 is 0 Å². The summed E-state index contributed by atoms with van der Waals surface area (Å²) in [6.45, 7) is 11.8. The van der Waals surface area contributed by atoms with Crippen molar-refractivity contribution in [1.82, 2.24) is 5.32 Å². The smallest absolute Gasteiger partial charge is 0.142 e. The van der Waals surface area contributed by atoms with Crippen LogP contribution in [0.15, 0.2) is 18.2 Å². The highest BCUT2D eigenvalue weighted by molar-refractivity contribution is 5.59. The Morgan fingerprint density at radius 1 is 1.15 bits per heavy atom. The Morgan fingerprint density at radius 3 is 2.30 bits per heavy atom. The molecule has 3 heteroatoms. The fourth-order valence-electron chi connectivity index (χ4n) is 2.31. The topological polar surface area (TPSA) is 24.5 Å². The molecule has 0 unspecified atom stereocenters. The van der Waals surface area contributed by atoms with E-state index in [0.29, 0.717) is 6.04 Å². The van der Waals surface area contributed by atoms with Gasteiger partial charge in [-0.15, -0.1) is 0 Å². The molecule has 1 aromatic rings. The van der Waals surface area contributed by atoms with Crippen molar-refractivity contribution in [3.8, 4) is 5.75 Å². The van der Waals surface area contributed by atoms with Gasteiger partial charge in [-0.05, 0) is 30.5 Å². The third-order valence-corrected chi connectivity index (χ3v) is 3.29. The molecule has 0 spiro atoms. The van der Waals surface area contributed by atoms with Gasteiger partial charge in [-0.25, -0.2) is 0 Å². The van der Waals surface area contributed by atoms with Gasteiger partial charge in [0.2, 0.25) is 0 Å². The zero-order valence-corrected chi connectivity index (χ0v) is 13.7. The lowest BCUT2D eigenvalue weighted by Gasteiger charge is -2.26. The first-order valence-electron chi connectivity index (χ1n) is 7.77. The average molecular weight is 278 g/mol. The van der Waals surface area contributed by atoms with Gasteiger partial charge in [-0.3, -0.25) is 0 Å². The zero-order valence-electron chi connectivity index (χ0n) is 13.7. The van der Waals surface area contributed by atoms with Crippen LogP contribution in [0, 0.1) is 0 Å². The van der Waals surface area contributed by atoms with Gasteiger partial charge in [-0.2, -0.15) is 0 Å². The molecule has 0 radical (unpaired) electrons. The summed E-state index contributed by atoms with van der Waals surface area (Å²) in [5.74, 6) is 0.981. The third kappa shape index (κ3) is 5.04. The highest BCUT2D eigenvalue weighted by atomic mass is 16.5. The average Bonchev–Trinajstić information content (AvgIpc) is 2.44. The maximum atomic E-state index is 5.60. The van der Waals surface area contributed by atoms with Crippen LogP contribution >= 0.6 is 0 Å². The van der Waals surface area contributed by atoms with Crippen molar-refractivity contribution in [3.63, 3.8) is 0 Å². The summed E-state index contributed by atoms with van der Waals surface area (Å²) in [4.78, 5) is 2.42. The first-order chi connectivity index (χ1) is 9.62. The van der Waals surface area contributed by atoms with Gasteiger partial charge in [-0.1, -0.05) is 33.8 Å². The molecule has 0 aliphatic rings. The molecule has 114 valence electrons. The molecule has 0 bridgehead atoms. The quantitative estimate of drug-likeness (QED) is 0.743. The molecule has 20 heavy (non-hydrogen) atoms. The molecular weight excluding hydrogens is 248 g/mol. The SMILES string of the molecule is CCCN(CCC)c1ccc(CNC(C)C)cc1OC. The Kier molecular flexibility index (Phi) is 7.45. The molecule has 0 aromatic heterocycles. The molecule has 0 heterocycles. The van der Waals surface area contributed by atoms with Crippen molar-refractivity contribution < 1.29 is 4.74 Å². The Morgan fingerprint density at radius 2 is 1.80 bits per heavy atom. The van der Waals surface area contributed by atoms with E-state index in [9.17, 15) is 0 Å². The number of nitrogens with one attached hydrogen (secondary N) is 1. The maximum absolute atomic E-state index is 5.60. The minimum absolute atomic E-state index is 0.498. The molecule has 0 saturated heterocycles. The Labute approximate surface area is 124 Å². The number of benzene rings is 1. The standard InChI is InChI=1S/C17H30N2O/c1-6-10-19(11-7-2)16-9-8-15(12-17(16)20-5)13-18-14(3)4/h8-9,12,14,18H,6-7,10-11,13H2,1-5H3. The number of rotatable bonds is 9. The fraction of sp³-hybridized carbons (Fsp3) is 0.647. The fourth-order valence-corrected chi connectivity index (χ4v) is 2.31. The van der Waals surface area contributed by atoms with Gasteiger partial charge in [0, 0.05) is 25.7 Å². The predicted molar refractivity (Wildman–Crippen MR) is 87.8 cm³/mol. The lowest BCUT2D eigenvalue weighted by molar-refractivity contribution is 0.413. The van der Waals surface area contributed by atoms with Crippen LogP contribution in [0.1, 0.15) is 46.1 Å². The second kappa shape index (κ2) is 8.85. The summed E-state index contributed by atoms with van der Waals surface area (Å²) < 4.78 is 5.60. The van der Waals surface area contributed by atoms with Gasteiger partial charge in [0.15, 0.2) is 0 Å². The van der Waals surface area contributed by atoms with Gasteiger partial charge in [0.25, 0.3) is 0 Å². The summed E-state index contributed by atoms with van der Waals surface area (Å²) in [5.41, 5.74) is 2.48. The van der Waals surface area contributed by atoms with Gasteiger partial charge in [0.05, 0.1) is 12.8 Å². The van der Waals surface area contributed by atoms with Crippen LogP contribution in [0.5, 0.6) is 5.75 Å². The normalized spacial score (nSPS) is 10.9. The highest BCUT2D eigenvalue weighted by Crippen LogP contribution is 2.29. The van der Waals surface area contributed by atoms with Crippen LogP contribution < -0.4 is 15.0 Å². The lowest BCUT2D eigenvalue weighted by Crippen LogP contribution is -2.25. The maximum Gasteiger partial charge on any atom is 0.142 e. The van der Waals surface area contributed by atoms with Crippen molar-refractivity contribution in [3.05, 3.63) is 23.8 Å². The van der Waals surface area contributed by atoms with Crippen molar-refractivity contribution in [1.29, 1.82) is 0 Å². The van der Waals surface area contributed by atoms with E-state index in [4.69, 9.17) is 4.74 Å². The van der Waals surface area contributed by atoms with Crippen molar-refractivity contribution in [2.24, 2.45) is 0 Å². The highest BCUT2D eigenvalue weighted by Gasteiger charge is 2.11. The van der Waals surface area contributed by atoms with Crippen LogP contribution in [0.2, 0.25) is 0 Å². The minimum Gasteiger partial charge on any atom is -0.495 e. The van der Waals surface area contributed by atoms with Crippen molar-refractivity contribution >= 4 is 5.69 Å². The molecule has 0 atom stereocenters. The number of nitrogens with zero attached hydrogens (tertiary/aromatic N) is 1. The van der Waals surface area contributed by atoms with Crippen molar-refractivity contribution in [2.45, 2.75) is 53.1 Å². The van der Waals surface area contributed by atoms with Crippen molar-refractivity contribution in [2.75, 3.05) is 25.1 Å². The molecule has 0 aliphatic heterocycles. The van der Waals surface area contributed by atoms with E-state index in [1.54, 1.807) is 7.11 Å². The second-order valence-electron chi connectivity index (χ2n) is 5.53. The van der Waals surface area contributed by atoms with E-state index in [1.807, 2.05) is 0 Å². The Bertz CT molecular complexity index is 385. The number of methoxy groups -OCH3 is 1. The number of ether oxygens (including phenoxy) is 1. The largest absolute Gasteiger partial charge is 0.495 e. The molecular formula is C17H30N2O. The van der Waals surface area contributed by atoms with E-state index in [0.717, 1.165) is 38.2 Å².